The number of nitrogens with zero attached hydrogens (tertiary/aromatic N) is 9. The summed E-state index contributed by atoms with van der Waals surface area (Å²) in [5, 5.41) is 14.7. The maximum absolute atomic E-state index is 12.7. The van der Waals surface area contributed by atoms with E-state index in [1.807, 2.05) is 56.3 Å². The lowest BCUT2D eigenvalue weighted by molar-refractivity contribution is 0.0690. The molecule has 0 fully saturated rings. The van der Waals surface area contributed by atoms with Gasteiger partial charge in [0.15, 0.2) is 0 Å². The number of aromatic nitrogens is 7. The quantitative estimate of drug-likeness (QED) is 0.128. The van der Waals surface area contributed by atoms with Crippen molar-refractivity contribution in [2.45, 2.75) is 40.9 Å². The van der Waals surface area contributed by atoms with E-state index in [2.05, 4.69) is 39.9 Å². The molecule has 16 heteroatoms. The molecule has 0 radical (unpaired) electrons. The highest BCUT2D eigenvalue weighted by atomic mass is 35.5. The van der Waals surface area contributed by atoms with Crippen LogP contribution in [0.25, 0.3) is 31.5 Å². The first-order chi connectivity index (χ1) is 25.9. The molecule has 0 atom stereocenters. The molecule has 1 amide bonds. The van der Waals surface area contributed by atoms with Gasteiger partial charge in [-0.1, -0.05) is 42.8 Å². The minimum Gasteiger partial charge on any atom is -0.475 e. The van der Waals surface area contributed by atoms with E-state index in [0.29, 0.717) is 35.5 Å². The first kappa shape index (κ1) is 39.3. The van der Waals surface area contributed by atoms with E-state index < -0.39 is 5.97 Å². The number of nitrogen functional groups attached to an aromatic ring is 1. The topological polar surface area (TPSA) is 175 Å². The Morgan fingerprint density at radius 3 is 1.80 bits per heavy atom. The molecular weight excluding hydrogens is 741 g/mol. The number of halogens is 2. The van der Waals surface area contributed by atoms with Gasteiger partial charge in [0.2, 0.25) is 11.4 Å². The number of fused-ring (bicyclic) bond motifs is 2. The molecule has 2 aromatic carbocycles. The Balaban J connectivity index is 0.000000221. The summed E-state index contributed by atoms with van der Waals surface area (Å²) in [5.74, 6) is -0.887. The predicted octanol–water partition coefficient (Wildman–Crippen LogP) is 8.23. The number of hydrogen-bond acceptors (Lipinski definition) is 8. The minimum absolute atomic E-state index is 0. The van der Waals surface area contributed by atoms with Crippen LogP contribution in [0, 0.1) is 27.0 Å². The third-order valence-electron chi connectivity index (χ3n) is 8.29. The average molecular weight is 775 g/mol. The molecule has 7 rings (SSSR count). The lowest BCUT2D eigenvalue weighted by atomic mass is 10.1. The number of nitrogens with one attached hydrogen (secondary N) is 1. The monoisotopic (exact) mass is 773 g/mol. The predicted molar refractivity (Wildman–Crippen MR) is 212 cm³/mol. The van der Waals surface area contributed by atoms with E-state index in [-0.39, 0.29) is 36.6 Å². The van der Waals surface area contributed by atoms with Gasteiger partial charge < -0.3 is 25.8 Å². The van der Waals surface area contributed by atoms with Crippen LogP contribution in [0.1, 0.15) is 56.4 Å². The average Bonchev–Trinajstić information content (AvgIpc) is 3.75. The van der Waals surface area contributed by atoms with Crippen molar-refractivity contribution in [2.24, 2.45) is 0 Å². The largest absolute Gasteiger partial charge is 0.475 e. The summed E-state index contributed by atoms with van der Waals surface area (Å²) in [7, 11) is 0. The van der Waals surface area contributed by atoms with Gasteiger partial charge >= 0.3 is 17.9 Å². The molecule has 0 saturated carbocycles. The fourth-order valence-electron chi connectivity index (χ4n) is 5.75. The van der Waals surface area contributed by atoms with Gasteiger partial charge in [-0.25, -0.2) is 9.78 Å². The first-order valence-corrected chi connectivity index (χ1v) is 16.9. The Morgan fingerprint density at radius 1 is 0.800 bits per heavy atom. The van der Waals surface area contributed by atoms with Crippen molar-refractivity contribution in [3.8, 4) is 0 Å². The summed E-state index contributed by atoms with van der Waals surface area (Å²) in [6, 6.07) is 16.8. The molecule has 0 aliphatic rings. The molecule has 55 heavy (non-hydrogen) atoms. The summed E-state index contributed by atoms with van der Waals surface area (Å²) in [6.07, 6.45) is 6.13. The highest BCUT2D eigenvalue weighted by molar-refractivity contribution is 6.31. The van der Waals surface area contributed by atoms with Gasteiger partial charge in [0.25, 0.3) is 5.91 Å². The van der Waals surface area contributed by atoms with Crippen molar-refractivity contribution >= 4 is 74.6 Å². The minimum atomic E-state index is -1.15. The molecule has 0 aliphatic carbocycles. The highest BCUT2D eigenvalue weighted by Crippen LogP contribution is 2.23. The summed E-state index contributed by atoms with van der Waals surface area (Å²) < 4.78 is 3.16. The number of aromatic carboxylic acids is 1. The van der Waals surface area contributed by atoms with Crippen LogP contribution >= 0.6 is 23.2 Å². The number of imidazole rings is 2. The van der Waals surface area contributed by atoms with Crippen LogP contribution in [0.4, 0.5) is 17.7 Å². The van der Waals surface area contributed by atoms with Crippen LogP contribution in [-0.2, 0) is 19.6 Å². The molecule has 0 unspecified atom stereocenters. The highest BCUT2D eigenvalue weighted by Gasteiger charge is 2.19. The van der Waals surface area contributed by atoms with Crippen molar-refractivity contribution in [3.05, 3.63) is 152 Å². The van der Waals surface area contributed by atoms with Crippen LogP contribution in [0.2, 0.25) is 10.0 Å². The standard InChI is InChI=1S/C23H20ClN7O.C15H9ClN4O2.CH4/c1-13-6-21(25)29-14(2)18(13)10-28-22(32)20-12-31(23(26-3)30-20)11-15-4-5-19-16(7-15)8-17(24)9-27-19;1-17-15-19-13(14(21)22)8-20(15)7-9-2-3-12-10(4-9)5-11(16)6-18-12;/h4-9,12H,10-11H2,1-2H3,(H2,25,29)(H,28,32);2-6,8H,7H2,(H,21,22);1H4. The normalized spacial score (nSPS) is 10.5. The summed E-state index contributed by atoms with van der Waals surface area (Å²) in [6.45, 7) is 19.3. The molecule has 4 N–H and O–H groups in total. The molecule has 7 aromatic rings. The maximum atomic E-state index is 12.7. The second-order valence-corrected chi connectivity index (χ2v) is 13.0. The van der Waals surface area contributed by atoms with Gasteiger partial charge in [0, 0.05) is 35.4 Å². The van der Waals surface area contributed by atoms with E-state index >= 15 is 0 Å². The van der Waals surface area contributed by atoms with Gasteiger partial charge in [-0.3, -0.25) is 23.9 Å². The number of aryl methyl sites for hydroxylation is 2. The molecule has 0 aliphatic heterocycles. The number of amides is 1. The summed E-state index contributed by atoms with van der Waals surface area (Å²) in [4.78, 5) is 51.1. The number of nitrogens with two attached hydrogens (primary N) is 1. The molecule has 0 spiro atoms. The SMILES string of the molecule is C.[C-]#[N+]c1nc(C(=O)NCc2c(C)cc(N)nc2C)cn1Cc1ccc2ncc(Cl)cc2c1.[C-]#[N+]c1nc(C(=O)O)cn1Cc1ccc2ncc(Cl)cc2c1. The van der Waals surface area contributed by atoms with Gasteiger partial charge in [-0.2, -0.15) is 0 Å². The van der Waals surface area contributed by atoms with E-state index in [0.717, 1.165) is 49.8 Å². The van der Waals surface area contributed by atoms with Crippen LogP contribution < -0.4 is 11.1 Å². The summed E-state index contributed by atoms with van der Waals surface area (Å²) in [5.41, 5.74) is 11.9. The molecule has 276 valence electrons. The fourth-order valence-corrected chi connectivity index (χ4v) is 6.08. The van der Waals surface area contributed by atoms with Crippen molar-refractivity contribution in [1.29, 1.82) is 0 Å². The Bertz CT molecular complexity index is 2650. The third-order valence-corrected chi connectivity index (χ3v) is 8.71. The van der Waals surface area contributed by atoms with E-state index in [1.165, 1.54) is 10.8 Å². The van der Waals surface area contributed by atoms with E-state index in [4.69, 9.17) is 47.2 Å². The van der Waals surface area contributed by atoms with Gasteiger partial charge in [-0.05, 0) is 78.6 Å². The van der Waals surface area contributed by atoms with Crippen LogP contribution in [-0.4, -0.2) is 51.0 Å². The molecular formula is C39H33Cl2N11O3. The molecule has 0 saturated heterocycles. The zero-order valence-electron chi connectivity index (χ0n) is 28.7. The van der Waals surface area contributed by atoms with Crippen molar-refractivity contribution in [3.63, 3.8) is 0 Å². The molecule has 14 nitrogen and oxygen atoms in total. The number of hydrogen-bond donors (Lipinski definition) is 3. The number of carbonyl (C=O) groups excluding carboxylic acids is 1. The number of pyridine rings is 3. The van der Waals surface area contributed by atoms with Gasteiger partial charge in [-0.15, -0.1) is 23.1 Å². The maximum Gasteiger partial charge on any atom is 0.372 e. The lowest BCUT2D eigenvalue weighted by Gasteiger charge is -2.10. The molecule has 0 bridgehead atoms. The second-order valence-electron chi connectivity index (χ2n) is 12.1. The van der Waals surface area contributed by atoms with Gasteiger partial charge in [0.05, 0.1) is 46.6 Å². The first-order valence-electron chi connectivity index (χ1n) is 16.1. The van der Waals surface area contributed by atoms with E-state index in [9.17, 15) is 9.59 Å². The van der Waals surface area contributed by atoms with E-state index in [1.54, 1.807) is 35.3 Å². The number of anilines is 1. The summed E-state index contributed by atoms with van der Waals surface area (Å²) >= 11 is 12.0. The number of rotatable bonds is 8. The second kappa shape index (κ2) is 16.9. The lowest BCUT2D eigenvalue weighted by Crippen LogP contribution is -2.24. The zero-order chi connectivity index (χ0) is 38.5. The van der Waals surface area contributed by atoms with Crippen LogP contribution in [0.15, 0.2) is 79.4 Å². The Kier molecular flexibility index (Phi) is 12.1. The Labute approximate surface area is 325 Å². The van der Waals surface area contributed by atoms with Gasteiger partial charge in [0.1, 0.15) is 5.82 Å². The van der Waals surface area contributed by atoms with Crippen LogP contribution in [0.3, 0.4) is 0 Å². The smallest absolute Gasteiger partial charge is 0.372 e. The third kappa shape index (κ3) is 9.20. The number of carbonyl (C=O) groups is 2. The zero-order valence-corrected chi connectivity index (χ0v) is 30.3. The molecule has 5 aromatic heterocycles. The number of benzene rings is 2. The number of carboxylic acids is 1. The number of carboxylic acid groups (broad SMARTS) is 1. The van der Waals surface area contributed by atoms with Crippen molar-refractivity contribution in [2.75, 3.05) is 5.73 Å². The van der Waals surface area contributed by atoms with Crippen LogP contribution in [0.5, 0.6) is 0 Å². The molecule has 5 heterocycles. The van der Waals surface area contributed by atoms with Crippen molar-refractivity contribution in [1.82, 2.24) is 39.4 Å². The Morgan fingerprint density at radius 2 is 1.31 bits per heavy atom. The Hall–Kier alpha value is -6.87. The fraction of sp³-hybridized carbons (Fsp3) is 0.154. The van der Waals surface area contributed by atoms with Crippen molar-refractivity contribution < 1.29 is 14.7 Å².